The number of nitro groups is 1. The summed E-state index contributed by atoms with van der Waals surface area (Å²) < 4.78 is 5.05. The van der Waals surface area contributed by atoms with Crippen molar-refractivity contribution in [1.29, 1.82) is 0 Å². The van der Waals surface area contributed by atoms with E-state index in [-0.39, 0.29) is 17.5 Å². The molecule has 0 aliphatic rings. The Morgan fingerprint density at radius 2 is 2.19 bits per heavy atom. The molecule has 0 amide bonds. The van der Waals surface area contributed by atoms with E-state index < -0.39 is 4.92 Å². The minimum absolute atomic E-state index is 0.0301. The molecule has 1 aromatic carbocycles. The van der Waals surface area contributed by atoms with Crippen LogP contribution in [0.3, 0.4) is 0 Å². The van der Waals surface area contributed by atoms with Crippen molar-refractivity contribution in [2.45, 2.75) is 6.42 Å². The molecule has 0 aliphatic carbocycles. The van der Waals surface area contributed by atoms with Crippen molar-refractivity contribution >= 4 is 23.1 Å². The normalized spacial score (nSPS) is 10.3. The molecule has 0 spiro atoms. The first-order valence-electron chi connectivity index (χ1n) is 6.22. The Morgan fingerprint density at radius 1 is 1.43 bits per heavy atom. The Balaban J connectivity index is 2.34. The van der Waals surface area contributed by atoms with E-state index in [0.29, 0.717) is 13.0 Å². The van der Waals surface area contributed by atoms with Crippen LogP contribution in [0.5, 0.6) is 0 Å². The zero-order valence-corrected chi connectivity index (χ0v) is 11.4. The number of nitrogens with zero attached hydrogens (tertiary/aromatic N) is 3. The van der Waals surface area contributed by atoms with E-state index in [0.717, 1.165) is 17.4 Å². The summed E-state index contributed by atoms with van der Waals surface area (Å²) in [5.41, 5.74) is 6.95. The van der Waals surface area contributed by atoms with Crippen LogP contribution < -0.4 is 11.1 Å². The second-order valence-corrected chi connectivity index (χ2v) is 4.24. The molecule has 0 fully saturated rings. The van der Waals surface area contributed by atoms with Crippen LogP contribution in [-0.2, 0) is 11.2 Å². The maximum absolute atomic E-state index is 11.0. The fourth-order valence-electron chi connectivity index (χ4n) is 1.81. The fraction of sp³-hybridized carbons (Fsp3) is 0.231. The molecule has 0 radical (unpaired) electrons. The van der Waals surface area contributed by atoms with Gasteiger partial charge in [-0.25, -0.2) is 4.98 Å². The van der Waals surface area contributed by atoms with E-state index in [1.807, 2.05) is 24.3 Å². The molecule has 0 atom stereocenters. The lowest BCUT2D eigenvalue weighted by Crippen LogP contribution is -2.06. The van der Waals surface area contributed by atoms with Crippen molar-refractivity contribution in [2.75, 3.05) is 24.8 Å². The van der Waals surface area contributed by atoms with Crippen LogP contribution in [0.2, 0.25) is 0 Å². The third-order valence-corrected chi connectivity index (χ3v) is 2.83. The summed E-state index contributed by atoms with van der Waals surface area (Å²) in [6, 6.07) is 7.44. The summed E-state index contributed by atoms with van der Waals surface area (Å²) in [5, 5.41) is 13.9. The predicted molar refractivity (Wildman–Crippen MR) is 78.4 cm³/mol. The molecule has 1 aromatic heterocycles. The molecule has 110 valence electrons. The van der Waals surface area contributed by atoms with Gasteiger partial charge in [-0.05, 0) is 18.1 Å². The molecular weight excluding hydrogens is 274 g/mol. The van der Waals surface area contributed by atoms with Gasteiger partial charge in [-0.15, -0.1) is 0 Å². The van der Waals surface area contributed by atoms with Gasteiger partial charge in [0.05, 0.1) is 11.5 Å². The van der Waals surface area contributed by atoms with Crippen LogP contribution in [-0.4, -0.2) is 28.6 Å². The first kappa shape index (κ1) is 14.7. The number of rotatable bonds is 6. The SMILES string of the molecule is COCCc1ccccc1Nc1nc(N)ncc1[N+](=O)[O-]. The topological polar surface area (TPSA) is 116 Å². The number of para-hydroxylation sites is 1. The minimum atomic E-state index is -0.556. The second kappa shape index (κ2) is 6.62. The molecule has 8 nitrogen and oxygen atoms in total. The summed E-state index contributed by atoms with van der Waals surface area (Å²) in [6.07, 6.45) is 1.76. The van der Waals surface area contributed by atoms with Gasteiger partial charge in [0.2, 0.25) is 11.8 Å². The molecule has 0 bridgehead atoms. The Kier molecular flexibility index (Phi) is 4.62. The minimum Gasteiger partial charge on any atom is -0.384 e. The molecule has 2 rings (SSSR count). The van der Waals surface area contributed by atoms with Gasteiger partial charge in [0.15, 0.2) is 0 Å². The summed E-state index contributed by atoms with van der Waals surface area (Å²) in [5.74, 6) is 0.0369. The molecule has 21 heavy (non-hydrogen) atoms. The second-order valence-electron chi connectivity index (χ2n) is 4.24. The van der Waals surface area contributed by atoms with Gasteiger partial charge in [0.1, 0.15) is 6.20 Å². The molecule has 0 saturated carbocycles. The van der Waals surface area contributed by atoms with Gasteiger partial charge in [0.25, 0.3) is 0 Å². The number of ether oxygens (including phenoxy) is 1. The van der Waals surface area contributed by atoms with E-state index in [2.05, 4.69) is 15.3 Å². The molecule has 2 aromatic rings. The number of nitrogens with one attached hydrogen (secondary N) is 1. The molecular formula is C13H15N5O3. The number of hydrogen-bond donors (Lipinski definition) is 2. The summed E-state index contributed by atoms with van der Waals surface area (Å²) >= 11 is 0. The maximum atomic E-state index is 11.0. The largest absolute Gasteiger partial charge is 0.384 e. The Labute approximate surface area is 121 Å². The molecule has 8 heteroatoms. The molecule has 1 heterocycles. The van der Waals surface area contributed by atoms with Crippen LogP contribution in [0.15, 0.2) is 30.5 Å². The van der Waals surface area contributed by atoms with Crippen molar-refractivity contribution in [3.8, 4) is 0 Å². The highest BCUT2D eigenvalue weighted by molar-refractivity contribution is 5.68. The lowest BCUT2D eigenvalue weighted by Gasteiger charge is -2.11. The zero-order valence-electron chi connectivity index (χ0n) is 11.4. The van der Waals surface area contributed by atoms with Crippen LogP contribution in [0, 0.1) is 10.1 Å². The van der Waals surface area contributed by atoms with Gasteiger partial charge >= 0.3 is 5.69 Å². The Hall–Kier alpha value is -2.74. The van der Waals surface area contributed by atoms with E-state index in [1.54, 1.807) is 7.11 Å². The summed E-state index contributed by atoms with van der Waals surface area (Å²) in [6.45, 7) is 0.548. The third kappa shape index (κ3) is 3.63. The van der Waals surface area contributed by atoms with E-state index >= 15 is 0 Å². The van der Waals surface area contributed by atoms with Crippen LogP contribution in [0.1, 0.15) is 5.56 Å². The van der Waals surface area contributed by atoms with E-state index in [1.165, 1.54) is 0 Å². The highest BCUT2D eigenvalue weighted by atomic mass is 16.6. The standard InChI is InChI=1S/C13H15N5O3/c1-21-7-6-9-4-2-3-5-10(9)16-12-11(18(19)20)8-15-13(14)17-12/h2-5,8H,6-7H2,1H3,(H3,14,15,16,17). The highest BCUT2D eigenvalue weighted by Gasteiger charge is 2.17. The number of methoxy groups -OCH3 is 1. The zero-order chi connectivity index (χ0) is 15.2. The van der Waals surface area contributed by atoms with Crippen molar-refractivity contribution in [3.63, 3.8) is 0 Å². The van der Waals surface area contributed by atoms with Crippen molar-refractivity contribution in [1.82, 2.24) is 9.97 Å². The van der Waals surface area contributed by atoms with Gasteiger partial charge < -0.3 is 15.8 Å². The van der Waals surface area contributed by atoms with Crippen LogP contribution in [0.4, 0.5) is 23.1 Å². The lowest BCUT2D eigenvalue weighted by molar-refractivity contribution is -0.384. The molecule has 0 aliphatic heterocycles. The van der Waals surface area contributed by atoms with Gasteiger partial charge in [-0.2, -0.15) is 4.98 Å². The van der Waals surface area contributed by atoms with Gasteiger partial charge in [-0.3, -0.25) is 10.1 Å². The highest BCUT2D eigenvalue weighted by Crippen LogP contribution is 2.27. The monoisotopic (exact) mass is 289 g/mol. The average molecular weight is 289 g/mol. The summed E-state index contributed by atoms with van der Waals surface area (Å²) in [4.78, 5) is 18.0. The first-order valence-corrected chi connectivity index (χ1v) is 6.22. The third-order valence-electron chi connectivity index (χ3n) is 2.83. The number of nitrogens with two attached hydrogens (primary N) is 1. The van der Waals surface area contributed by atoms with Gasteiger partial charge in [-0.1, -0.05) is 18.2 Å². The number of hydrogen-bond acceptors (Lipinski definition) is 7. The number of anilines is 3. The summed E-state index contributed by atoms with van der Waals surface area (Å²) in [7, 11) is 1.62. The maximum Gasteiger partial charge on any atom is 0.329 e. The number of benzene rings is 1. The lowest BCUT2D eigenvalue weighted by atomic mass is 10.1. The predicted octanol–water partition coefficient (Wildman–Crippen LogP) is 1.90. The van der Waals surface area contributed by atoms with Gasteiger partial charge in [0, 0.05) is 12.8 Å². The Morgan fingerprint density at radius 3 is 2.90 bits per heavy atom. The number of nitrogen functional groups attached to an aromatic ring is 1. The molecule has 0 unspecified atom stereocenters. The van der Waals surface area contributed by atoms with E-state index in [4.69, 9.17) is 10.5 Å². The molecule has 0 saturated heterocycles. The fourth-order valence-corrected chi connectivity index (χ4v) is 1.81. The Bertz CT molecular complexity index is 647. The van der Waals surface area contributed by atoms with Crippen molar-refractivity contribution in [3.05, 3.63) is 46.1 Å². The first-order chi connectivity index (χ1) is 10.1. The van der Waals surface area contributed by atoms with Crippen molar-refractivity contribution < 1.29 is 9.66 Å². The van der Waals surface area contributed by atoms with Crippen LogP contribution >= 0.6 is 0 Å². The molecule has 3 N–H and O–H groups in total. The smallest absolute Gasteiger partial charge is 0.329 e. The average Bonchev–Trinajstić information content (AvgIpc) is 2.46. The van der Waals surface area contributed by atoms with Crippen molar-refractivity contribution in [2.24, 2.45) is 0 Å². The number of aromatic nitrogens is 2. The van der Waals surface area contributed by atoms with E-state index in [9.17, 15) is 10.1 Å². The quantitative estimate of drug-likeness (QED) is 0.616. The van der Waals surface area contributed by atoms with Crippen LogP contribution in [0.25, 0.3) is 0 Å².